The van der Waals surface area contributed by atoms with Crippen LogP contribution < -0.4 is 10.1 Å². The fourth-order valence-corrected chi connectivity index (χ4v) is 2.67. The van der Waals surface area contributed by atoms with E-state index in [2.05, 4.69) is 25.4 Å². The Bertz CT molecular complexity index is 625. The smallest absolute Gasteiger partial charge is 0.316 e. The first kappa shape index (κ1) is 15.7. The van der Waals surface area contributed by atoms with E-state index in [0.29, 0.717) is 11.0 Å². The molecule has 0 aromatic carbocycles. The van der Waals surface area contributed by atoms with Gasteiger partial charge < -0.3 is 10.1 Å². The summed E-state index contributed by atoms with van der Waals surface area (Å²) in [6.07, 6.45) is 9.45. The number of amides is 1. The molecule has 1 fully saturated rings. The molecule has 0 aliphatic heterocycles. The zero-order valence-electron chi connectivity index (χ0n) is 12.4. The molecule has 0 unspecified atom stereocenters. The van der Waals surface area contributed by atoms with Crippen LogP contribution in [0.4, 0.5) is 0 Å². The van der Waals surface area contributed by atoms with E-state index in [1.165, 1.54) is 29.7 Å². The van der Waals surface area contributed by atoms with Gasteiger partial charge in [-0.3, -0.25) is 4.79 Å². The number of ether oxygens (including phenoxy) is 1. The van der Waals surface area contributed by atoms with Gasteiger partial charge in [0.1, 0.15) is 25.3 Å². The predicted octanol–water partition coefficient (Wildman–Crippen LogP) is 1.23. The molecule has 0 radical (unpaired) electrons. The number of halogens is 1. The monoisotopic (exact) mass is 336 g/mol. The van der Waals surface area contributed by atoms with Crippen LogP contribution in [0.25, 0.3) is 0 Å². The van der Waals surface area contributed by atoms with E-state index < -0.39 is 0 Å². The summed E-state index contributed by atoms with van der Waals surface area (Å²) in [4.78, 5) is 23.8. The zero-order chi connectivity index (χ0) is 16.1. The van der Waals surface area contributed by atoms with Crippen LogP contribution >= 0.6 is 11.6 Å². The number of aromatic nitrogens is 5. The Hall–Kier alpha value is -2.22. The quantitative estimate of drug-likeness (QED) is 0.882. The van der Waals surface area contributed by atoms with Crippen LogP contribution in [0.5, 0.6) is 6.01 Å². The third kappa shape index (κ3) is 4.62. The molecule has 1 aliphatic carbocycles. The standard InChI is InChI=1S/C14H17ClN6O2/c15-10-5-17-14(18-6-10)23-12-3-1-11(2-4-12)20-13(22)7-21-9-16-8-19-21/h5-6,8-9,11-12H,1-4,7H2,(H,20,22). The van der Waals surface area contributed by atoms with Crippen molar-refractivity contribution in [3.63, 3.8) is 0 Å². The van der Waals surface area contributed by atoms with Gasteiger partial charge in [0.25, 0.3) is 0 Å². The van der Waals surface area contributed by atoms with Crippen molar-refractivity contribution in [1.82, 2.24) is 30.0 Å². The summed E-state index contributed by atoms with van der Waals surface area (Å²) in [5, 5.41) is 7.42. The van der Waals surface area contributed by atoms with Crippen LogP contribution in [0.1, 0.15) is 25.7 Å². The van der Waals surface area contributed by atoms with Crippen molar-refractivity contribution in [3.05, 3.63) is 30.1 Å². The van der Waals surface area contributed by atoms with Gasteiger partial charge in [-0.15, -0.1) is 0 Å². The summed E-state index contributed by atoms with van der Waals surface area (Å²) in [5.74, 6) is -0.0547. The highest BCUT2D eigenvalue weighted by Gasteiger charge is 2.24. The number of nitrogens with one attached hydrogen (secondary N) is 1. The highest BCUT2D eigenvalue weighted by Crippen LogP contribution is 2.22. The van der Waals surface area contributed by atoms with Crippen LogP contribution in [0.2, 0.25) is 5.02 Å². The minimum atomic E-state index is -0.0547. The predicted molar refractivity (Wildman–Crippen MR) is 81.9 cm³/mol. The molecule has 2 heterocycles. The van der Waals surface area contributed by atoms with E-state index >= 15 is 0 Å². The van der Waals surface area contributed by atoms with Crippen LogP contribution in [0.15, 0.2) is 25.0 Å². The van der Waals surface area contributed by atoms with E-state index in [1.54, 1.807) is 0 Å². The average molecular weight is 337 g/mol. The minimum absolute atomic E-state index is 0.0547. The van der Waals surface area contributed by atoms with Gasteiger partial charge in [-0.2, -0.15) is 5.10 Å². The van der Waals surface area contributed by atoms with Crippen molar-refractivity contribution < 1.29 is 9.53 Å². The minimum Gasteiger partial charge on any atom is -0.460 e. The van der Waals surface area contributed by atoms with Crippen molar-refractivity contribution in [2.24, 2.45) is 0 Å². The summed E-state index contributed by atoms with van der Waals surface area (Å²) < 4.78 is 7.23. The largest absolute Gasteiger partial charge is 0.460 e. The Labute approximate surface area is 138 Å². The highest BCUT2D eigenvalue weighted by molar-refractivity contribution is 6.30. The van der Waals surface area contributed by atoms with Gasteiger partial charge in [0.15, 0.2) is 0 Å². The molecule has 2 aromatic heterocycles. The molecule has 122 valence electrons. The molecule has 0 atom stereocenters. The lowest BCUT2D eigenvalue weighted by Crippen LogP contribution is -2.41. The molecule has 9 heteroatoms. The molecule has 0 bridgehead atoms. The lowest BCUT2D eigenvalue weighted by molar-refractivity contribution is -0.122. The summed E-state index contributed by atoms with van der Waals surface area (Å²) >= 11 is 5.74. The number of carbonyl (C=O) groups is 1. The lowest BCUT2D eigenvalue weighted by Gasteiger charge is -2.28. The maximum Gasteiger partial charge on any atom is 0.316 e. The van der Waals surface area contributed by atoms with E-state index in [4.69, 9.17) is 16.3 Å². The second kappa shape index (κ2) is 7.36. The van der Waals surface area contributed by atoms with Gasteiger partial charge in [0.05, 0.1) is 17.4 Å². The van der Waals surface area contributed by atoms with Crippen molar-refractivity contribution in [1.29, 1.82) is 0 Å². The molecule has 0 spiro atoms. The lowest BCUT2D eigenvalue weighted by atomic mass is 9.93. The van der Waals surface area contributed by atoms with Gasteiger partial charge in [-0.05, 0) is 25.7 Å². The Morgan fingerprint density at radius 3 is 2.70 bits per heavy atom. The molecule has 1 aliphatic rings. The molecule has 1 N–H and O–H groups in total. The third-order valence-corrected chi connectivity index (χ3v) is 3.88. The fourth-order valence-electron chi connectivity index (χ4n) is 2.57. The molecule has 1 amide bonds. The Morgan fingerprint density at radius 1 is 1.30 bits per heavy atom. The van der Waals surface area contributed by atoms with E-state index in [1.807, 2.05) is 0 Å². The van der Waals surface area contributed by atoms with Gasteiger partial charge in [-0.25, -0.2) is 19.6 Å². The van der Waals surface area contributed by atoms with E-state index in [-0.39, 0.29) is 24.6 Å². The molecule has 8 nitrogen and oxygen atoms in total. The number of nitrogens with zero attached hydrogens (tertiary/aromatic N) is 5. The van der Waals surface area contributed by atoms with Gasteiger partial charge in [-0.1, -0.05) is 11.6 Å². The summed E-state index contributed by atoms with van der Waals surface area (Å²) in [5.41, 5.74) is 0. The third-order valence-electron chi connectivity index (χ3n) is 3.68. The first-order valence-electron chi connectivity index (χ1n) is 7.45. The number of hydrogen-bond acceptors (Lipinski definition) is 6. The fraction of sp³-hybridized carbons (Fsp3) is 0.500. The second-order valence-corrected chi connectivity index (χ2v) is 5.87. The SMILES string of the molecule is O=C(Cn1cncn1)NC1CCC(Oc2ncc(Cl)cn2)CC1. The topological polar surface area (TPSA) is 94.8 Å². The number of hydrogen-bond donors (Lipinski definition) is 1. The molecule has 23 heavy (non-hydrogen) atoms. The summed E-state index contributed by atoms with van der Waals surface area (Å²) in [7, 11) is 0. The number of rotatable bonds is 5. The molecule has 0 saturated heterocycles. The molecule has 1 saturated carbocycles. The summed E-state index contributed by atoms with van der Waals surface area (Å²) in [6, 6.07) is 0.505. The van der Waals surface area contributed by atoms with Crippen molar-refractivity contribution in [2.45, 2.75) is 44.4 Å². The van der Waals surface area contributed by atoms with E-state index in [9.17, 15) is 4.79 Å². The molecule has 2 aromatic rings. The Morgan fingerprint density at radius 2 is 2.04 bits per heavy atom. The average Bonchev–Trinajstić information content (AvgIpc) is 3.04. The highest BCUT2D eigenvalue weighted by atomic mass is 35.5. The van der Waals surface area contributed by atoms with Crippen molar-refractivity contribution >= 4 is 17.5 Å². The maximum absolute atomic E-state index is 11.9. The molecule has 3 rings (SSSR count). The molecular weight excluding hydrogens is 320 g/mol. The van der Waals surface area contributed by atoms with Gasteiger partial charge in [0.2, 0.25) is 5.91 Å². The van der Waals surface area contributed by atoms with Gasteiger partial charge in [0, 0.05) is 6.04 Å². The van der Waals surface area contributed by atoms with Gasteiger partial charge >= 0.3 is 6.01 Å². The Kier molecular flexibility index (Phi) is 5.02. The first-order chi connectivity index (χ1) is 11.2. The summed E-state index contributed by atoms with van der Waals surface area (Å²) in [6.45, 7) is 0.190. The van der Waals surface area contributed by atoms with Crippen molar-refractivity contribution in [3.8, 4) is 6.01 Å². The normalized spacial score (nSPS) is 20.9. The van der Waals surface area contributed by atoms with Crippen molar-refractivity contribution in [2.75, 3.05) is 0 Å². The first-order valence-corrected chi connectivity index (χ1v) is 7.83. The number of carbonyl (C=O) groups excluding carboxylic acids is 1. The second-order valence-electron chi connectivity index (χ2n) is 5.44. The van der Waals surface area contributed by atoms with Crippen LogP contribution in [-0.2, 0) is 11.3 Å². The van der Waals surface area contributed by atoms with Crippen LogP contribution in [0, 0.1) is 0 Å². The maximum atomic E-state index is 11.9. The Balaban J connectivity index is 1.41. The van der Waals surface area contributed by atoms with E-state index in [0.717, 1.165) is 25.7 Å². The van der Waals surface area contributed by atoms with Crippen LogP contribution in [-0.4, -0.2) is 42.8 Å². The zero-order valence-corrected chi connectivity index (χ0v) is 13.2. The molecular formula is C14H17ClN6O2. The van der Waals surface area contributed by atoms with Crippen LogP contribution in [0.3, 0.4) is 0 Å².